The van der Waals surface area contributed by atoms with Crippen molar-refractivity contribution in [3.05, 3.63) is 57.3 Å². The number of carbonyl (C=O) groups excluding carboxylic acids is 1. The fourth-order valence-corrected chi connectivity index (χ4v) is 3.08. The number of carbonyl (C=O) groups is 1. The molecule has 1 N–H and O–H groups in total. The van der Waals surface area contributed by atoms with Crippen LogP contribution in [0.25, 0.3) is 6.08 Å². The van der Waals surface area contributed by atoms with Crippen molar-refractivity contribution in [2.45, 2.75) is 13.3 Å². The van der Waals surface area contributed by atoms with Crippen molar-refractivity contribution in [2.24, 2.45) is 4.99 Å². The molecule has 6 heteroatoms. The summed E-state index contributed by atoms with van der Waals surface area (Å²) in [6.07, 6.45) is 2.70. The Bertz CT molecular complexity index is 763. The largest absolute Gasteiger partial charge is 0.450 e. The molecule has 22 heavy (non-hydrogen) atoms. The Kier molecular flexibility index (Phi) is 4.49. The van der Waals surface area contributed by atoms with Crippen LogP contribution < -0.4 is 5.32 Å². The molecule has 0 spiro atoms. The molecule has 3 rings (SSSR count). The van der Waals surface area contributed by atoms with E-state index in [1.165, 1.54) is 17.3 Å². The van der Waals surface area contributed by atoms with Crippen molar-refractivity contribution < 1.29 is 9.21 Å². The predicted octanol–water partition coefficient (Wildman–Crippen LogP) is 4.50. The number of amidine groups is 1. The highest BCUT2D eigenvalue weighted by Gasteiger charge is 2.24. The predicted molar refractivity (Wildman–Crippen MR) is 93.0 cm³/mol. The molecule has 0 radical (unpaired) electrons. The smallest absolute Gasteiger partial charge is 0.264 e. The van der Waals surface area contributed by atoms with E-state index in [9.17, 15) is 4.79 Å². The molecular weight excluding hydrogens is 364 g/mol. The van der Waals surface area contributed by atoms with Gasteiger partial charge in [0.1, 0.15) is 5.76 Å². The van der Waals surface area contributed by atoms with Gasteiger partial charge in [0.2, 0.25) is 0 Å². The molecule has 1 aliphatic rings. The molecule has 0 saturated carbocycles. The van der Waals surface area contributed by atoms with Gasteiger partial charge in [-0.25, -0.2) is 4.99 Å². The Morgan fingerprint density at radius 2 is 2.05 bits per heavy atom. The van der Waals surface area contributed by atoms with Crippen molar-refractivity contribution in [3.63, 3.8) is 0 Å². The van der Waals surface area contributed by atoms with E-state index in [0.29, 0.717) is 20.5 Å². The molecule has 1 fully saturated rings. The van der Waals surface area contributed by atoms with E-state index < -0.39 is 0 Å². The quantitative estimate of drug-likeness (QED) is 0.802. The zero-order valence-electron chi connectivity index (χ0n) is 11.8. The number of aliphatic imine (C=N–C) groups is 1. The molecule has 1 aromatic heterocycles. The standard InChI is InChI=1S/C16H13BrN2O2S/c1-2-10-3-5-11(6-4-10)18-16-19-15(20)13(22-16)9-12-7-8-14(17)21-12/h3-9H,2H2,1H3,(H,18,19,20). The summed E-state index contributed by atoms with van der Waals surface area (Å²) < 4.78 is 6.01. The second-order valence-corrected chi connectivity index (χ2v) is 6.46. The second-order valence-electron chi connectivity index (χ2n) is 4.64. The number of hydrogen-bond acceptors (Lipinski definition) is 4. The highest BCUT2D eigenvalue weighted by molar-refractivity contribution is 9.10. The minimum Gasteiger partial charge on any atom is -0.450 e. The van der Waals surface area contributed by atoms with E-state index in [-0.39, 0.29) is 5.91 Å². The summed E-state index contributed by atoms with van der Waals surface area (Å²) in [5.41, 5.74) is 2.08. The van der Waals surface area contributed by atoms with Crippen LogP contribution in [0.5, 0.6) is 0 Å². The lowest BCUT2D eigenvalue weighted by molar-refractivity contribution is -0.115. The average Bonchev–Trinajstić information content (AvgIpc) is 3.06. The summed E-state index contributed by atoms with van der Waals surface area (Å²) >= 11 is 4.54. The van der Waals surface area contributed by atoms with E-state index in [2.05, 4.69) is 33.2 Å². The Balaban J connectivity index is 1.78. The first-order valence-electron chi connectivity index (χ1n) is 6.78. The molecule has 2 aromatic rings. The number of halogens is 1. The topological polar surface area (TPSA) is 54.6 Å². The maximum atomic E-state index is 12.0. The number of benzene rings is 1. The third kappa shape index (κ3) is 3.51. The van der Waals surface area contributed by atoms with Gasteiger partial charge in [0.05, 0.1) is 10.6 Å². The van der Waals surface area contributed by atoms with Gasteiger partial charge in [-0.05, 0) is 63.9 Å². The first-order valence-corrected chi connectivity index (χ1v) is 8.39. The molecule has 0 aliphatic carbocycles. The van der Waals surface area contributed by atoms with E-state index >= 15 is 0 Å². The molecule has 1 aromatic carbocycles. The average molecular weight is 377 g/mol. The number of hydrogen-bond donors (Lipinski definition) is 1. The van der Waals surface area contributed by atoms with Gasteiger partial charge in [0.15, 0.2) is 9.84 Å². The first kappa shape index (κ1) is 15.1. The number of nitrogens with one attached hydrogen (secondary N) is 1. The third-order valence-electron chi connectivity index (χ3n) is 3.09. The fourth-order valence-electron chi connectivity index (χ4n) is 1.94. The van der Waals surface area contributed by atoms with Crippen LogP contribution in [0.1, 0.15) is 18.2 Å². The Morgan fingerprint density at radius 3 is 2.68 bits per heavy atom. The highest BCUT2D eigenvalue weighted by atomic mass is 79.9. The zero-order valence-corrected chi connectivity index (χ0v) is 14.2. The molecule has 2 heterocycles. The van der Waals surface area contributed by atoms with Crippen LogP contribution in [0.2, 0.25) is 0 Å². The second kappa shape index (κ2) is 6.54. The van der Waals surface area contributed by atoms with Crippen LogP contribution in [0.4, 0.5) is 5.69 Å². The molecule has 1 aliphatic heterocycles. The number of furan rings is 1. The van der Waals surface area contributed by atoms with Gasteiger partial charge in [0.25, 0.3) is 5.91 Å². The van der Waals surface area contributed by atoms with Crippen LogP contribution in [-0.4, -0.2) is 11.1 Å². The molecule has 0 atom stereocenters. The maximum Gasteiger partial charge on any atom is 0.264 e. The third-order valence-corrected chi connectivity index (χ3v) is 4.43. The van der Waals surface area contributed by atoms with E-state index in [1.54, 1.807) is 18.2 Å². The summed E-state index contributed by atoms with van der Waals surface area (Å²) in [6.45, 7) is 2.11. The SMILES string of the molecule is CCc1ccc(N=C2NC(=O)C(=Cc3ccc(Br)o3)S2)cc1. The van der Waals surface area contributed by atoms with Crippen molar-refractivity contribution in [1.29, 1.82) is 0 Å². The van der Waals surface area contributed by atoms with Gasteiger partial charge < -0.3 is 9.73 Å². The lowest BCUT2D eigenvalue weighted by atomic mass is 10.2. The van der Waals surface area contributed by atoms with Gasteiger partial charge in [-0.2, -0.15) is 0 Å². The number of amides is 1. The lowest BCUT2D eigenvalue weighted by Crippen LogP contribution is -2.19. The molecule has 1 amide bonds. The van der Waals surface area contributed by atoms with Crippen LogP contribution in [0.3, 0.4) is 0 Å². The lowest BCUT2D eigenvalue weighted by Gasteiger charge is -1.98. The van der Waals surface area contributed by atoms with Gasteiger partial charge in [0, 0.05) is 6.08 Å². The van der Waals surface area contributed by atoms with Crippen LogP contribution in [-0.2, 0) is 11.2 Å². The van der Waals surface area contributed by atoms with Crippen molar-refractivity contribution >= 4 is 50.5 Å². The molecule has 112 valence electrons. The first-order chi connectivity index (χ1) is 10.6. The zero-order chi connectivity index (χ0) is 15.5. The molecule has 0 unspecified atom stereocenters. The number of aryl methyl sites for hydroxylation is 1. The van der Waals surface area contributed by atoms with Crippen molar-refractivity contribution in [1.82, 2.24) is 5.32 Å². The Hall–Kier alpha value is -1.79. The fraction of sp³-hybridized carbons (Fsp3) is 0.125. The van der Waals surface area contributed by atoms with E-state index in [1.807, 2.05) is 24.3 Å². The summed E-state index contributed by atoms with van der Waals surface area (Å²) in [7, 11) is 0. The Labute approximate surface area is 140 Å². The highest BCUT2D eigenvalue weighted by Crippen LogP contribution is 2.29. The summed E-state index contributed by atoms with van der Waals surface area (Å²) in [5.74, 6) is 0.458. The number of thioether (sulfide) groups is 1. The van der Waals surface area contributed by atoms with Gasteiger partial charge >= 0.3 is 0 Å². The van der Waals surface area contributed by atoms with Crippen molar-refractivity contribution in [2.75, 3.05) is 0 Å². The Morgan fingerprint density at radius 1 is 1.27 bits per heavy atom. The van der Waals surface area contributed by atoms with Crippen LogP contribution in [0, 0.1) is 0 Å². The van der Waals surface area contributed by atoms with Gasteiger partial charge in [-0.1, -0.05) is 19.1 Å². The van der Waals surface area contributed by atoms with E-state index in [4.69, 9.17) is 4.42 Å². The van der Waals surface area contributed by atoms with Crippen LogP contribution in [0.15, 0.2) is 55.4 Å². The molecule has 1 saturated heterocycles. The molecule has 4 nitrogen and oxygen atoms in total. The molecule has 0 bridgehead atoms. The summed E-state index contributed by atoms with van der Waals surface area (Å²) in [4.78, 5) is 17.0. The van der Waals surface area contributed by atoms with Crippen LogP contribution >= 0.6 is 27.7 Å². The number of nitrogens with zero attached hydrogens (tertiary/aromatic N) is 1. The number of rotatable bonds is 3. The van der Waals surface area contributed by atoms with Crippen molar-refractivity contribution in [3.8, 4) is 0 Å². The minimum atomic E-state index is -0.165. The van der Waals surface area contributed by atoms with E-state index in [0.717, 1.165) is 12.1 Å². The summed E-state index contributed by atoms with van der Waals surface area (Å²) in [6, 6.07) is 11.6. The van der Waals surface area contributed by atoms with Gasteiger partial charge in [-0.3, -0.25) is 4.79 Å². The summed E-state index contributed by atoms with van der Waals surface area (Å²) in [5, 5.41) is 3.34. The molecular formula is C16H13BrN2O2S. The minimum absolute atomic E-state index is 0.165. The van der Waals surface area contributed by atoms with Gasteiger partial charge in [-0.15, -0.1) is 0 Å². The normalized spacial score (nSPS) is 18.2. The monoisotopic (exact) mass is 376 g/mol. The maximum absolute atomic E-state index is 12.0.